The van der Waals surface area contributed by atoms with Gasteiger partial charge in [-0.05, 0) is 31.2 Å². The Morgan fingerprint density at radius 3 is 2.26 bits per heavy atom. The van der Waals surface area contributed by atoms with Crippen LogP contribution in [0.2, 0.25) is 0 Å². The van der Waals surface area contributed by atoms with Crippen molar-refractivity contribution in [1.82, 2.24) is 4.90 Å². The number of nitrogens with one attached hydrogen (secondary N) is 1. The molecule has 8 nitrogen and oxygen atoms in total. The first-order chi connectivity index (χ1) is 12.7. The quantitative estimate of drug-likeness (QED) is 0.623. The summed E-state index contributed by atoms with van der Waals surface area (Å²) in [4.78, 5) is 38.2. The smallest absolute Gasteiger partial charge is 0.293 e. The molecule has 0 heterocycles. The number of nitro benzene ring substituents is 1. The average Bonchev–Trinajstić information content (AvgIpc) is 2.62. The molecule has 0 fully saturated rings. The molecule has 0 aliphatic carbocycles. The molecule has 0 aliphatic rings. The van der Waals surface area contributed by atoms with E-state index in [-0.39, 0.29) is 23.7 Å². The normalized spacial score (nSPS) is 10.2. The number of anilines is 2. The molecule has 2 aromatic rings. The fourth-order valence-electron chi connectivity index (χ4n) is 2.53. The predicted octanol–water partition coefficient (Wildman–Crippen LogP) is 2.68. The molecule has 1 N–H and O–H groups in total. The molecule has 8 heteroatoms. The molecule has 2 rings (SSSR count). The zero-order valence-corrected chi connectivity index (χ0v) is 15.7. The van der Waals surface area contributed by atoms with Crippen molar-refractivity contribution in [1.29, 1.82) is 0 Å². The second-order valence-electron chi connectivity index (χ2n) is 6.43. The molecular weight excluding hydrogens is 348 g/mol. The van der Waals surface area contributed by atoms with Crippen molar-refractivity contribution >= 4 is 28.9 Å². The van der Waals surface area contributed by atoms with Crippen LogP contribution in [0.1, 0.15) is 15.9 Å². The minimum absolute atomic E-state index is 0.151. The number of nitrogens with zero attached hydrogens (tertiary/aromatic N) is 3. The van der Waals surface area contributed by atoms with Gasteiger partial charge in [-0.1, -0.05) is 17.7 Å². The highest BCUT2D eigenvalue weighted by Gasteiger charge is 2.21. The van der Waals surface area contributed by atoms with Gasteiger partial charge in [0.25, 0.3) is 11.6 Å². The summed E-state index contributed by atoms with van der Waals surface area (Å²) in [5.74, 6) is -0.823. The first-order valence-electron chi connectivity index (χ1n) is 8.27. The van der Waals surface area contributed by atoms with Crippen molar-refractivity contribution in [2.75, 3.05) is 37.9 Å². The third kappa shape index (κ3) is 5.04. The maximum absolute atomic E-state index is 12.5. The monoisotopic (exact) mass is 370 g/mol. The molecule has 0 aliphatic heterocycles. The van der Waals surface area contributed by atoms with Gasteiger partial charge in [0.2, 0.25) is 5.91 Å². The SMILES string of the molecule is Cc1ccc(NC(=O)CN(C)C(=O)c2ccc(N(C)C)c([N+](=O)[O-])c2)cc1. The van der Waals surface area contributed by atoms with Crippen LogP contribution in [-0.4, -0.2) is 49.3 Å². The van der Waals surface area contributed by atoms with Gasteiger partial charge in [0.05, 0.1) is 11.5 Å². The van der Waals surface area contributed by atoms with Crippen molar-refractivity contribution < 1.29 is 14.5 Å². The fourth-order valence-corrected chi connectivity index (χ4v) is 2.53. The first-order valence-corrected chi connectivity index (χ1v) is 8.27. The van der Waals surface area contributed by atoms with Gasteiger partial charge in [0.15, 0.2) is 0 Å². The number of benzene rings is 2. The predicted molar refractivity (Wildman–Crippen MR) is 104 cm³/mol. The number of aryl methyl sites for hydroxylation is 1. The molecule has 0 saturated heterocycles. The number of nitro groups is 1. The van der Waals surface area contributed by atoms with E-state index in [1.807, 2.05) is 19.1 Å². The van der Waals surface area contributed by atoms with Gasteiger partial charge in [-0.2, -0.15) is 0 Å². The van der Waals surface area contributed by atoms with E-state index in [9.17, 15) is 19.7 Å². The van der Waals surface area contributed by atoms with Gasteiger partial charge in [-0.3, -0.25) is 19.7 Å². The molecule has 0 spiro atoms. The van der Waals surface area contributed by atoms with E-state index in [1.54, 1.807) is 31.1 Å². The van der Waals surface area contributed by atoms with Crippen LogP contribution < -0.4 is 10.2 Å². The van der Waals surface area contributed by atoms with E-state index in [4.69, 9.17) is 0 Å². The lowest BCUT2D eigenvalue weighted by Crippen LogP contribution is -2.35. The molecule has 142 valence electrons. The summed E-state index contributed by atoms with van der Waals surface area (Å²) in [7, 11) is 4.85. The van der Waals surface area contributed by atoms with Gasteiger partial charge in [0.1, 0.15) is 5.69 Å². The second-order valence-corrected chi connectivity index (χ2v) is 6.43. The standard InChI is InChI=1S/C19H22N4O4/c1-13-5-8-15(9-6-13)20-18(24)12-22(4)19(25)14-7-10-16(21(2)3)17(11-14)23(26)27/h5-11H,12H2,1-4H3,(H,20,24). The van der Waals surface area contributed by atoms with Crippen LogP contribution >= 0.6 is 0 Å². The summed E-state index contributed by atoms with van der Waals surface area (Å²) in [5, 5.41) is 14.0. The molecule has 27 heavy (non-hydrogen) atoms. The number of amides is 2. The van der Waals surface area contributed by atoms with Crippen LogP contribution in [0, 0.1) is 17.0 Å². The molecule has 2 aromatic carbocycles. The maximum atomic E-state index is 12.5. The number of carbonyl (C=O) groups is 2. The van der Waals surface area contributed by atoms with Gasteiger partial charge in [-0.15, -0.1) is 0 Å². The maximum Gasteiger partial charge on any atom is 0.293 e. The van der Waals surface area contributed by atoms with Crippen molar-refractivity contribution in [3.63, 3.8) is 0 Å². The molecule has 0 saturated carbocycles. The number of hydrogen-bond donors (Lipinski definition) is 1. The van der Waals surface area contributed by atoms with Gasteiger partial charge >= 0.3 is 0 Å². The largest absolute Gasteiger partial charge is 0.372 e. The van der Waals surface area contributed by atoms with Gasteiger partial charge < -0.3 is 15.1 Å². The van der Waals surface area contributed by atoms with Crippen LogP contribution in [-0.2, 0) is 4.79 Å². The third-order valence-corrected chi connectivity index (χ3v) is 3.96. The summed E-state index contributed by atoms with van der Waals surface area (Å²) in [6.07, 6.45) is 0. The number of carbonyl (C=O) groups excluding carboxylic acids is 2. The molecule has 2 amide bonds. The Bertz CT molecular complexity index is 863. The van der Waals surface area contributed by atoms with Crippen molar-refractivity contribution in [2.24, 2.45) is 0 Å². The van der Waals surface area contributed by atoms with E-state index in [2.05, 4.69) is 5.32 Å². The zero-order valence-electron chi connectivity index (χ0n) is 15.7. The lowest BCUT2D eigenvalue weighted by molar-refractivity contribution is -0.384. The van der Waals surface area contributed by atoms with E-state index in [0.29, 0.717) is 11.4 Å². The Balaban J connectivity index is 2.10. The van der Waals surface area contributed by atoms with Crippen LogP contribution in [0.4, 0.5) is 17.1 Å². The summed E-state index contributed by atoms with van der Waals surface area (Å²) in [5.41, 5.74) is 2.10. The van der Waals surface area contributed by atoms with Crippen LogP contribution in [0.3, 0.4) is 0 Å². The van der Waals surface area contributed by atoms with Gasteiger partial charge in [-0.25, -0.2) is 0 Å². The average molecular weight is 370 g/mol. The first kappa shape index (κ1) is 19.9. The number of likely N-dealkylation sites (N-methyl/N-ethyl adjacent to an activating group) is 1. The lowest BCUT2D eigenvalue weighted by Gasteiger charge is -2.18. The van der Waals surface area contributed by atoms with Crippen LogP contribution in [0.5, 0.6) is 0 Å². The molecule has 0 bridgehead atoms. The zero-order chi connectivity index (χ0) is 20.1. The highest BCUT2D eigenvalue weighted by Crippen LogP contribution is 2.28. The highest BCUT2D eigenvalue weighted by atomic mass is 16.6. The lowest BCUT2D eigenvalue weighted by atomic mass is 10.1. The molecule has 0 aromatic heterocycles. The van der Waals surface area contributed by atoms with Crippen molar-refractivity contribution in [2.45, 2.75) is 6.92 Å². The second kappa shape index (κ2) is 8.31. The van der Waals surface area contributed by atoms with E-state index in [1.165, 1.54) is 30.1 Å². The Morgan fingerprint density at radius 2 is 1.70 bits per heavy atom. The molecule has 0 atom stereocenters. The van der Waals surface area contributed by atoms with Gasteiger partial charge in [0, 0.05) is 38.5 Å². The summed E-state index contributed by atoms with van der Waals surface area (Å²) < 4.78 is 0. The number of hydrogen-bond acceptors (Lipinski definition) is 5. The Kier molecular flexibility index (Phi) is 6.12. The topological polar surface area (TPSA) is 95.8 Å². The van der Waals surface area contributed by atoms with Crippen molar-refractivity contribution in [3.8, 4) is 0 Å². The van der Waals surface area contributed by atoms with Crippen LogP contribution in [0.15, 0.2) is 42.5 Å². The summed E-state index contributed by atoms with van der Waals surface area (Å²) in [6.45, 7) is 1.77. The Hall–Kier alpha value is -3.42. The number of rotatable bonds is 6. The van der Waals surface area contributed by atoms with E-state index < -0.39 is 10.8 Å². The Morgan fingerprint density at radius 1 is 1.07 bits per heavy atom. The summed E-state index contributed by atoms with van der Waals surface area (Å²) in [6, 6.07) is 11.6. The van der Waals surface area contributed by atoms with E-state index >= 15 is 0 Å². The van der Waals surface area contributed by atoms with Crippen LogP contribution in [0.25, 0.3) is 0 Å². The highest BCUT2D eigenvalue weighted by molar-refractivity contribution is 6.00. The molecule has 0 radical (unpaired) electrons. The molecule has 0 unspecified atom stereocenters. The third-order valence-electron chi connectivity index (χ3n) is 3.96. The minimum Gasteiger partial charge on any atom is -0.372 e. The molecular formula is C19H22N4O4. The Labute approximate surface area is 157 Å². The minimum atomic E-state index is -0.532. The van der Waals surface area contributed by atoms with Crippen molar-refractivity contribution in [3.05, 3.63) is 63.7 Å². The fraction of sp³-hybridized carbons (Fsp3) is 0.263. The van der Waals surface area contributed by atoms with E-state index in [0.717, 1.165) is 5.56 Å². The summed E-state index contributed by atoms with van der Waals surface area (Å²) >= 11 is 0.